The first-order valence-corrected chi connectivity index (χ1v) is 10.7. The summed E-state index contributed by atoms with van der Waals surface area (Å²) in [6, 6.07) is 9.35. The van der Waals surface area contributed by atoms with Crippen LogP contribution in [0, 0.1) is 0 Å². The van der Waals surface area contributed by atoms with Crippen molar-refractivity contribution in [3.05, 3.63) is 57.8 Å². The van der Waals surface area contributed by atoms with Crippen molar-refractivity contribution in [3.63, 3.8) is 0 Å². The van der Waals surface area contributed by atoms with E-state index < -0.39 is 11.9 Å². The average molecular weight is 467 g/mol. The molecule has 0 unspecified atom stereocenters. The van der Waals surface area contributed by atoms with E-state index in [1.54, 1.807) is 41.9 Å². The molecule has 2 amide bonds. The van der Waals surface area contributed by atoms with Crippen LogP contribution in [0.2, 0.25) is 10.3 Å². The summed E-state index contributed by atoms with van der Waals surface area (Å²) in [5.41, 5.74) is 2.91. The van der Waals surface area contributed by atoms with Gasteiger partial charge in [-0.1, -0.05) is 29.6 Å². The maximum absolute atomic E-state index is 12.5. The SMILES string of the molecule is O=C(NC[C@@H](C(=O)NO)N1CCCCC1)c1ccc(OCc2cc(Cl)nc(Cl)c2)cc1. The number of halogens is 2. The number of amides is 2. The lowest BCUT2D eigenvalue weighted by Gasteiger charge is -2.33. The predicted octanol–water partition coefficient (Wildman–Crippen LogP) is 3.06. The van der Waals surface area contributed by atoms with E-state index >= 15 is 0 Å². The molecule has 166 valence electrons. The molecule has 10 heteroatoms. The Morgan fingerprint density at radius 3 is 2.35 bits per heavy atom. The first kappa shape index (κ1) is 23.3. The van der Waals surface area contributed by atoms with Gasteiger partial charge in [0.15, 0.2) is 0 Å². The quantitative estimate of drug-likeness (QED) is 0.313. The summed E-state index contributed by atoms with van der Waals surface area (Å²) in [7, 11) is 0. The zero-order valence-corrected chi connectivity index (χ0v) is 18.3. The molecule has 31 heavy (non-hydrogen) atoms. The van der Waals surface area contributed by atoms with Crippen LogP contribution in [0.4, 0.5) is 0 Å². The predicted molar refractivity (Wildman–Crippen MR) is 117 cm³/mol. The maximum atomic E-state index is 12.5. The molecule has 1 aromatic carbocycles. The minimum atomic E-state index is -0.615. The van der Waals surface area contributed by atoms with Crippen LogP contribution in [0.5, 0.6) is 5.75 Å². The van der Waals surface area contributed by atoms with E-state index in [0.29, 0.717) is 11.3 Å². The number of benzene rings is 1. The topological polar surface area (TPSA) is 104 Å². The molecule has 1 fully saturated rings. The number of carbonyl (C=O) groups is 2. The van der Waals surface area contributed by atoms with E-state index in [-0.39, 0.29) is 29.4 Å². The van der Waals surface area contributed by atoms with E-state index in [9.17, 15) is 9.59 Å². The van der Waals surface area contributed by atoms with E-state index in [4.69, 9.17) is 33.1 Å². The molecule has 1 aromatic heterocycles. The number of ether oxygens (including phenoxy) is 1. The number of rotatable bonds is 8. The molecular formula is C21H24Cl2N4O4. The van der Waals surface area contributed by atoms with Crippen LogP contribution in [-0.4, -0.2) is 52.6 Å². The summed E-state index contributed by atoms with van der Waals surface area (Å²) in [6.45, 7) is 1.87. The van der Waals surface area contributed by atoms with Crippen molar-refractivity contribution < 1.29 is 19.5 Å². The van der Waals surface area contributed by atoms with E-state index in [1.807, 2.05) is 4.90 Å². The highest BCUT2D eigenvalue weighted by molar-refractivity contribution is 6.32. The van der Waals surface area contributed by atoms with Crippen molar-refractivity contribution in [1.29, 1.82) is 0 Å². The van der Waals surface area contributed by atoms with Crippen molar-refractivity contribution in [1.82, 2.24) is 20.7 Å². The third-order valence-corrected chi connectivity index (χ3v) is 5.43. The van der Waals surface area contributed by atoms with Crippen molar-refractivity contribution >= 4 is 35.0 Å². The Labute approximate surface area is 190 Å². The van der Waals surface area contributed by atoms with Gasteiger partial charge in [0.2, 0.25) is 0 Å². The lowest BCUT2D eigenvalue weighted by molar-refractivity contribution is -0.135. The molecule has 3 rings (SSSR count). The second-order valence-electron chi connectivity index (χ2n) is 7.23. The van der Waals surface area contributed by atoms with Gasteiger partial charge in [-0.2, -0.15) is 0 Å². The van der Waals surface area contributed by atoms with Crippen LogP contribution in [0.3, 0.4) is 0 Å². The van der Waals surface area contributed by atoms with E-state index in [0.717, 1.165) is 37.9 Å². The number of nitrogens with zero attached hydrogens (tertiary/aromatic N) is 2. The molecule has 1 aliphatic rings. The van der Waals surface area contributed by atoms with E-state index in [2.05, 4.69) is 10.3 Å². The van der Waals surface area contributed by atoms with Gasteiger partial charge < -0.3 is 10.1 Å². The zero-order chi connectivity index (χ0) is 22.2. The molecule has 1 aliphatic heterocycles. The zero-order valence-electron chi connectivity index (χ0n) is 16.8. The van der Waals surface area contributed by atoms with Crippen molar-refractivity contribution in [2.75, 3.05) is 19.6 Å². The first-order valence-electron chi connectivity index (χ1n) is 9.97. The highest BCUT2D eigenvalue weighted by atomic mass is 35.5. The number of aromatic nitrogens is 1. The molecule has 0 spiro atoms. The number of likely N-dealkylation sites (tertiary alicyclic amines) is 1. The number of hydrogen-bond acceptors (Lipinski definition) is 6. The highest BCUT2D eigenvalue weighted by Crippen LogP contribution is 2.18. The standard InChI is InChI=1S/C21H24Cl2N4O4/c22-18-10-14(11-19(23)25-18)13-31-16-6-4-15(5-7-16)20(28)24-12-17(21(29)26-30)27-8-2-1-3-9-27/h4-7,10-11,17,30H,1-3,8-9,12-13H2,(H,24,28)(H,26,29)/t17-/m0/s1. The van der Waals surface area contributed by atoms with Crippen LogP contribution in [0.25, 0.3) is 0 Å². The largest absolute Gasteiger partial charge is 0.489 e. The third kappa shape index (κ3) is 6.80. The van der Waals surface area contributed by atoms with Gasteiger partial charge in [0.1, 0.15) is 28.7 Å². The second-order valence-corrected chi connectivity index (χ2v) is 8.01. The lowest BCUT2D eigenvalue weighted by Crippen LogP contribution is -2.53. The summed E-state index contributed by atoms with van der Waals surface area (Å²) in [5, 5.41) is 12.4. The molecule has 1 saturated heterocycles. The van der Waals surface area contributed by atoms with Crippen LogP contribution in [-0.2, 0) is 11.4 Å². The lowest BCUT2D eigenvalue weighted by atomic mass is 10.1. The number of hydroxylamine groups is 1. The second kappa shape index (κ2) is 11.3. The number of nitrogens with one attached hydrogen (secondary N) is 2. The van der Waals surface area contributed by atoms with Gasteiger partial charge in [-0.05, 0) is 67.9 Å². The molecule has 2 aromatic rings. The average Bonchev–Trinajstić information content (AvgIpc) is 2.78. The Hall–Kier alpha value is -2.39. The fraction of sp³-hybridized carbons (Fsp3) is 0.381. The number of hydrogen-bond donors (Lipinski definition) is 3. The molecule has 0 radical (unpaired) electrons. The van der Waals surface area contributed by atoms with Crippen LogP contribution >= 0.6 is 23.2 Å². The maximum Gasteiger partial charge on any atom is 0.262 e. The number of piperidine rings is 1. The fourth-order valence-electron chi connectivity index (χ4n) is 3.45. The van der Waals surface area contributed by atoms with Gasteiger partial charge in [-0.25, -0.2) is 10.5 Å². The van der Waals surface area contributed by atoms with Gasteiger partial charge >= 0.3 is 0 Å². The number of pyridine rings is 1. The molecule has 2 heterocycles. The first-order chi connectivity index (χ1) is 15.0. The van der Waals surface area contributed by atoms with Crippen molar-refractivity contribution in [2.24, 2.45) is 0 Å². The summed E-state index contributed by atoms with van der Waals surface area (Å²) in [4.78, 5) is 30.4. The smallest absolute Gasteiger partial charge is 0.262 e. The third-order valence-electron chi connectivity index (χ3n) is 5.04. The summed E-state index contributed by atoms with van der Waals surface area (Å²) in [6.07, 6.45) is 3.09. The highest BCUT2D eigenvalue weighted by Gasteiger charge is 2.27. The Morgan fingerprint density at radius 1 is 1.10 bits per heavy atom. The minimum Gasteiger partial charge on any atom is -0.489 e. The molecule has 0 bridgehead atoms. The Morgan fingerprint density at radius 2 is 1.74 bits per heavy atom. The van der Waals surface area contributed by atoms with Gasteiger partial charge in [0.05, 0.1) is 0 Å². The van der Waals surface area contributed by atoms with E-state index in [1.165, 1.54) is 0 Å². The molecule has 0 aliphatic carbocycles. The summed E-state index contributed by atoms with van der Waals surface area (Å²) >= 11 is 11.8. The Kier molecular flexibility index (Phi) is 8.48. The van der Waals surface area contributed by atoms with Crippen molar-refractivity contribution in [3.8, 4) is 5.75 Å². The van der Waals surface area contributed by atoms with Gasteiger partial charge in [0.25, 0.3) is 11.8 Å². The normalized spacial score (nSPS) is 15.2. The minimum absolute atomic E-state index is 0.104. The molecule has 3 N–H and O–H groups in total. The number of carbonyl (C=O) groups excluding carboxylic acids is 2. The molecule has 8 nitrogen and oxygen atoms in total. The Bertz CT molecular complexity index is 885. The fourth-order valence-corrected chi connectivity index (χ4v) is 3.96. The van der Waals surface area contributed by atoms with Crippen molar-refractivity contribution in [2.45, 2.75) is 31.9 Å². The van der Waals surface area contributed by atoms with Crippen LogP contribution in [0.15, 0.2) is 36.4 Å². The van der Waals surface area contributed by atoms with Gasteiger partial charge in [-0.3, -0.25) is 19.7 Å². The summed E-state index contributed by atoms with van der Waals surface area (Å²) in [5.74, 6) is -0.263. The molecular weight excluding hydrogens is 443 g/mol. The molecule has 1 atom stereocenters. The van der Waals surface area contributed by atoms with Gasteiger partial charge in [0, 0.05) is 12.1 Å². The van der Waals surface area contributed by atoms with Crippen LogP contribution < -0.4 is 15.5 Å². The van der Waals surface area contributed by atoms with Crippen LogP contribution in [0.1, 0.15) is 35.2 Å². The van der Waals surface area contributed by atoms with Gasteiger partial charge in [-0.15, -0.1) is 0 Å². The molecule has 0 saturated carbocycles. The summed E-state index contributed by atoms with van der Waals surface area (Å²) < 4.78 is 5.70. The Balaban J connectivity index is 1.54. The monoisotopic (exact) mass is 466 g/mol.